The Morgan fingerprint density at radius 3 is 2.56 bits per heavy atom. The van der Waals surface area contributed by atoms with Gasteiger partial charge in [0.15, 0.2) is 0 Å². The summed E-state index contributed by atoms with van der Waals surface area (Å²) in [5, 5.41) is 2.42. The highest BCUT2D eigenvalue weighted by atomic mass is 15.1. The Morgan fingerprint density at radius 1 is 0.963 bits per heavy atom. The van der Waals surface area contributed by atoms with Crippen molar-refractivity contribution in [1.82, 2.24) is 9.55 Å². The monoisotopic (exact) mass is 350 g/mol. The van der Waals surface area contributed by atoms with Gasteiger partial charge >= 0.3 is 0 Å². The molecule has 0 N–H and O–H groups in total. The van der Waals surface area contributed by atoms with E-state index < -0.39 is 0 Å². The van der Waals surface area contributed by atoms with Crippen molar-refractivity contribution in [2.75, 3.05) is 0 Å². The number of nitrogens with zero attached hydrogens (tertiary/aromatic N) is 2. The van der Waals surface area contributed by atoms with Gasteiger partial charge in [-0.3, -0.25) is 4.57 Å². The summed E-state index contributed by atoms with van der Waals surface area (Å²) < 4.78 is 2.18. The molecule has 0 fully saturated rings. The quantitative estimate of drug-likeness (QED) is 0.509. The van der Waals surface area contributed by atoms with Gasteiger partial charge in [0.05, 0.1) is 11.4 Å². The van der Waals surface area contributed by atoms with E-state index in [-0.39, 0.29) is 0 Å². The number of allylic oxidation sites excluding steroid dienone is 6. The lowest BCUT2D eigenvalue weighted by Crippen LogP contribution is -2.01. The maximum atomic E-state index is 4.88. The van der Waals surface area contributed by atoms with Crippen molar-refractivity contribution in [2.24, 2.45) is 0 Å². The Bertz CT molecular complexity index is 1140. The zero-order valence-electron chi connectivity index (χ0n) is 15.5. The summed E-state index contributed by atoms with van der Waals surface area (Å²) in [4.78, 5) is 4.88. The van der Waals surface area contributed by atoms with Crippen LogP contribution in [-0.2, 0) is 0 Å². The molecule has 4 rings (SSSR count). The zero-order chi connectivity index (χ0) is 18.8. The largest absolute Gasteiger partial charge is 0.293 e. The van der Waals surface area contributed by atoms with Crippen molar-refractivity contribution in [1.29, 1.82) is 0 Å². The van der Waals surface area contributed by atoms with Gasteiger partial charge in [-0.2, -0.15) is 0 Å². The summed E-state index contributed by atoms with van der Waals surface area (Å²) in [7, 11) is 0. The SMILES string of the molecule is C=Cc1nc(-c2ccc3ccccc3c2)n(C2=CCC=C(C)C=C2)c1C=C. The van der Waals surface area contributed by atoms with Gasteiger partial charge in [0.2, 0.25) is 0 Å². The molecule has 3 aromatic rings. The van der Waals surface area contributed by atoms with Gasteiger partial charge in [-0.05, 0) is 48.4 Å². The first kappa shape index (κ1) is 17.0. The Morgan fingerprint density at radius 2 is 1.78 bits per heavy atom. The van der Waals surface area contributed by atoms with Crippen LogP contribution in [0.15, 0.2) is 85.5 Å². The summed E-state index contributed by atoms with van der Waals surface area (Å²) >= 11 is 0. The number of aromatic nitrogens is 2. The van der Waals surface area contributed by atoms with Gasteiger partial charge < -0.3 is 0 Å². The standard InChI is InChI=1S/C25H22N2/c1-4-23-24(5-2)27(22-12-8-9-18(3)13-16-22)25(26-23)21-15-14-19-10-6-7-11-20(19)17-21/h4-7,9-17H,1-2,8H2,3H3. The molecule has 132 valence electrons. The van der Waals surface area contributed by atoms with Crippen molar-refractivity contribution in [3.05, 3.63) is 96.9 Å². The van der Waals surface area contributed by atoms with Crippen LogP contribution in [0.3, 0.4) is 0 Å². The van der Waals surface area contributed by atoms with Crippen LogP contribution in [0.4, 0.5) is 0 Å². The lowest BCUT2D eigenvalue weighted by molar-refractivity contribution is 1.09. The first-order chi connectivity index (χ1) is 13.2. The molecular weight excluding hydrogens is 328 g/mol. The molecule has 1 aliphatic carbocycles. The van der Waals surface area contributed by atoms with E-state index in [0.29, 0.717) is 0 Å². The highest BCUT2D eigenvalue weighted by molar-refractivity contribution is 5.87. The lowest BCUT2D eigenvalue weighted by atomic mass is 10.1. The van der Waals surface area contributed by atoms with E-state index in [1.54, 1.807) is 6.08 Å². The Kier molecular flexibility index (Phi) is 4.47. The predicted octanol–water partition coefficient (Wildman–Crippen LogP) is 6.74. The summed E-state index contributed by atoms with van der Waals surface area (Å²) in [5.41, 5.74) is 5.24. The first-order valence-electron chi connectivity index (χ1n) is 9.13. The van der Waals surface area contributed by atoms with E-state index in [0.717, 1.165) is 34.9 Å². The zero-order valence-corrected chi connectivity index (χ0v) is 15.5. The van der Waals surface area contributed by atoms with Crippen molar-refractivity contribution >= 4 is 28.6 Å². The van der Waals surface area contributed by atoms with Crippen molar-refractivity contribution < 1.29 is 0 Å². The van der Waals surface area contributed by atoms with Crippen LogP contribution in [0, 0.1) is 0 Å². The molecule has 0 amide bonds. The van der Waals surface area contributed by atoms with Crippen LogP contribution in [0.2, 0.25) is 0 Å². The third-order valence-electron chi connectivity index (χ3n) is 4.88. The molecule has 2 aromatic carbocycles. The van der Waals surface area contributed by atoms with Crippen LogP contribution in [0.5, 0.6) is 0 Å². The third-order valence-corrected chi connectivity index (χ3v) is 4.88. The normalized spacial score (nSPS) is 13.8. The second-order valence-corrected chi connectivity index (χ2v) is 6.66. The number of benzene rings is 2. The van der Waals surface area contributed by atoms with Crippen LogP contribution in [0.25, 0.3) is 40.0 Å². The van der Waals surface area contributed by atoms with E-state index in [9.17, 15) is 0 Å². The molecule has 0 aliphatic heterocycles. The van der Waals surface area contributed by atoms with E-state index in [4.69, 9.17) is 4.98 Å². The molecule has 27 heavy (non-hydrogen) atoms. The molecule has 1 aliphatic rings. The number of fused-ring (bicyclic) bond motifs is 1. The number of imidazole rings is 1. The fourth-order valence-electron chi connectivity index (χ4n) is 3.46. The first-order valence-corrected chi connectivity index (χ1v) is 9.13. The minimum absolute atomic E-state index is 0.844. The highest BCUT2D eigenvalue weighted by Crippen LogP contribution is 2.31. The molecule has 0 radical (unpaired) electrons. The summed E-state index contributed by atoms with van der Waals surface area (Å²) in [6.45, 7) is 10.1. The summed E-state index contributed by atoms with van der Waals surface area (Å²) in [6, 6.07) is 14.9. The topological polar surface area (TPSA) is 17.8 Å². The van der Waals surface area contributed by atoms with Gasteiger partial charge in [-0.15, -0.1) is 0 Å². The lowest BCUT2D eigenvalue weighted by Gasteiger charge is -2.12. The average Bonchev–Trinajstić information content (AvgIpc) is 2.95. The number of hydrogen-bond acceptors (Lipinski definition) is 1. The maximum Gasteiger partial charge on any atom is 0.145 e. The molecule has 0 spiro atoms. The van der Waals surface area contributed by atoms with Gasteiger partial charge in [-0.1, -0.05) is 73.4 Å². The predicted molar refractivity (Wildman–Crippen MR) is 117 cm³/mol. The highest BCUT2D eigenvalue weighted by Gasteiger charge is 2.17. The molecule has 0 saturated heterocycles. The van der Waals surface area contributed by atoms with Gasteiger partial charge in [-0.25, -0.2) is 4.98 Å². The molecule has 2 nitrogen and oxygen atoms in total. The molecule has 1 aromatic heterocycles. The molecular formula is C25H22N2. The maximum absolute atomic E-state index is 4.88. The van der Waals surface area contributed by atoms with Crippen molar-refractivity contribution in [3.63, 3.8) is 0 Å². The summed E-state index contributed by atoms with van der Waals surface area (Å²) in [5.74, 6) is 0.904. The fraction of sp³-hybridized carbons (Fsp3) is 0.0800. The van der Waals surface area contributed by atoms with E-state index in [2.05, 4.69) is 91.4 Å². The smallest absolute Gasteiger partial charge is 0.145 e. The number of hydrogen-bond donors (Lipinski definition) is 0. The van der Waals surface area contributed by atoms with Crippen LogP contribution < -0.4 is 0 Å². The minimum atomic E-state index is 0.844. The second kappa shape index (κ2) is 7.08. The minimum Gasteiger partial charge on any atom is -0.293 e. The molecule has 0 saturated carbocycles. The van der Waals surface area contributed by atoms with E-state index in [1.807, 2.05) is 6.08 Å². The molecule has 0 atom stereocenters. The van der Waals surface area contributed by atoms with Crippen molar-refractivity contribution in [3.8, 4) is 11.4 Å². The van der Waals surface area contributed by atoms with Crippen LogP contribution in [0.1, 0.15) is 24.7 Å². The van der Waals surface area contributed by atoms with Crippen LogP contribution >= 0.6 is 0 Å². The number of rotatable bonds is 4. The molecule has 1 heterocycles. The average molecular weight is 350 g/mol. The fourth-order valence-corrected chi connectivity index (χ4v) is 3.46. The second-order valence-electron chi connectivity index (χ2n) is 6.66. The van der Waals surface area contributed by atoms with Crippen LogP contribution in [-0.4, -0.2) is 9.55 Å². The van der Waals surface area contributed by atoms with E-state index >= 15 is 0 Å². The molecule has 2 heteroatoms. The molecule has 0 unspecified atom stereocenters. The summed E-state index contributed by atoms with van der Waals surface area (Å²) in [6.07, 6.45) is 13.3. The Balaban J connectivity index is 1.95. The van der Waals surface area contributed by atoms with E-state index in [1.165, 1.54) is 16.3 Å². The Hall–Kier alpha value is -3.39. The molecule has 0 bridgehead atoms. The van der Waals surface area contributed by atoms with Gasteiger partial charge in [0.1, 0.15) is 5.82 Å². The van der Waals surface area contributed by atoms with Crippen molar-refractivity contribution in [2.45, 2.75) is 13.3 Å². The third kappa shape index (κ3) is 3.11. The van der Waals surface area contributed by atoms with Gasteiger partial charge in [0.25, 0.3) is 0 Å². The van der Waals surface area contributed by atoms with Gasteiger partial charge in [0, 0.05) is 11.3 Å². The Labute approximate surface area is 160 Å².